The van der Waals surface area contributed by atoms with E-state index in [0.29, 0.717) is 0 Å². The molecule has 0 fully saturated rings. The molecule has 1 heteroatoms. The summed E-state index contributed by atoms with van der Waals surface area (Å²) in [5, 5.41) is 14.9. The third-order valence-electron chi connectivity index (χ3n) is 9.62. The fraction of sp³-hybridized carbons (Fsp3) is 0. The molecule has 10 aromatic rings. The minimum Gasteiger partial charge on any atom is -0.455 e. The van der Waals surface area contributed by atoms with Gasteiger partial charge in [-0.15, -0.1) is 0 Å². The van der Waals surface area contributed by atoms with Gasteiger partial charge in [0, 0.05) is 21.9 Å². The first kappa shape index (κ1) is 24.5. The predicted molar refractivity (Wildman–Crippen MR) is 192 cm³/mol. The summed E-state index contributed by atoms with van der Waals surface area (Å²) in [4.78, 5) is 0. The van der Waals surface area contributed by atoms with E-state index in [4.69, 9.17) is 4.42 Å². The summed E-state index contributed by atoms with van der Waals surface area (Å²) in [6, 6.07) is 57.3. The summed E-state index contributed by atoms with van der Waals surface area (Å²) in [5.41, 5.74) is 6.72. The molecule has 1 nitrogen and oxygen atoms in total. The number of rotatable bonds is 2. The summed E-state index contributed by atoms with van der Waals surface area (Å²) in [6.45, 7) is 0. The van der Waals surface area contributed by atoms with Crippen LogP contribution in [-0.4, -0.2) is 0 Å². The lowest BCUT2D eigenvalue weighted by Crippen LogP contribution is -1.92. The molecule has 0 N–H and O–H groups in total. The highest BCUT2D eigenvalue weighted by molar-refractivity contribution is 6.29. The Labute approximate surface area is 259 Å². The zero-order chi connectivity index (χ0) is 29.5. The van der Waals surface area contributed by atoms with Gasteiger partial charge >= 0.3 is 0 Å². The molecule has 45 heavy (non-hydrogen) atoms. The molecule has 208 valence electrons. The Morgan fingerprint density at radius 1 is 0.311 bits per heavy atom. The molecule has 1 aromatic heterocycles. The van der Waals surface area contributed by atoms with Crippen molar-refractivity contribution >= 4 is 75.8 Å². The summed E-state index contributed by atoms with van der Waals surface area (Å²) < 4.78 is 6.59. The van der Waals surface area contributed by atoms with Crippen molar-refractivity contribution in [1.82, 2.24) is 0 Å². The molecule has 0 aliphatic carbocycles. The number of fused-ring (bicyclic) bond motifs is 10. The summed E-state index contributed by atoms with van der Waals surface area (Å²) >= 11 is 0. The molecular weight excluding hydrogens is 544 g/mol. The lowest BCUT2D eigenvalue weighted by atomic mass is 9.83. The molecule has 1 heterocycles. The number of hydrogen-bond donors (Lipinski definition) is 0. The number of furan rings is 1. The Balaban J connectivity index is 1.38. The molecule has 0 saturated heterocycles. The van der Waals surface area contributed by atoms with Crippen LogP contribution in [-0.2, 0) is 0 Å². The first-order valence-electron chi connectivity index (χ1n) is 15.5. The van der Waals surface area contributed by atoms with E-state index in [1.165, 1.54) is 70.6 Å². The van der Waals surface area contributed by atoms with Crippen LogP contribution in [0, 0.1) is 0 Å². The Kier molecular flexibility index (Phi) is 5.06. The van der Waals surface area contributed by atoms with Crippen molar-refractivity contribution < 1.29 is 4.42 Å². The van der Waals surface area contributed by atoms with Gasteiger partial charge in [0.15, 0.2) is 0 Å². The summed E-state index contributed by atoms with van der Waals surface area (Å²) in [5.74, 6) is 0. The number of para-hydroxylation sites is 2. The van der Waals surface area contributed by atoms with Crippen molar-refractivity contribution in [2.24, 2.45) is 0 Å². The van der Waals surface area contributed by atoms with E-state index < -0.39 is 0 Å². The van der Waals surface area contributed by atoms with E-state index in [-0.39, 0.29) is 0 Å². The monoisotopic (exact) mass is 570 g/mol. The van der Waals surface area contributed by atoms with E-state index >= 15 is 0 Å². The third kappa shape index (κ3) is 3.44. The van der Waals surface area contributed by atoms with Gasteiger partial charge in [0.2, 0.25) is 0 Å². The predicted octanol–water partition coefficient (Wildman–Crippen LogP) is 12.7. The van der Waals surface area contributed by atoms with Gasteiger partial charge in [0.05, 0.1) is 0 Å². The molecule has 0 unspecified atom stereocenters. The standard InChI is InChI=1S/C44H26O/c1-2-13-29-27(12-1)24-25-28-26-39(30-14-3-4-16-32(30)41(28)29)43-35-19-7-5-17-33(35)42(34-18-6-8-20-36(34)43)38-22-11-21-37-31-15-9-10-23-40(31)45-44(37)38/h1-26H. The van der Waals surface area contributed by atoms with Crippen LogP contribution in [0.15, 0.2) is 162 Å². The van der Waals surface area contributed by atoms with Gasteiger partial charge in [-0.3, -0.25) is 0 Å². The fourth-order valence-electron chi connectivity index (χ4n) is 7.74. The average Bonchev–Trinajstić information content (AvgIpc) is 3.49. The first-order chi connectivity index (χ1) is 22.3. The van der Waals surface area contributed by atoms with Gasteiger partial charge < -0.3 is 4.42 Å². The lowest BCUT2D eigenvalue weighted by molar-refractivity contribution is 0.670. The first-order valence-corrected chi connectivity index (χ1v) is 15.5. The van der Waals surface area contributed by atoms with Crippen molar-refractivity contribution in [2.75, 3.05) is 0 Å². The van der Waals surface area contributed by atoms with Gasteiger partial charge in [0.25, 0.3) is 0 Å². The van der Waals surface area contributed by atoms with Crippen molar-refractivity contribution in [3.05, 3.63) is 158 Å². The van der Waals surface area contributed by atoms with Gasteiger partial charge in [-0.2, -0.15) is 0 Å². The number of benzene rings is 9. The van der Waals surface area contributed by atoms with Crippen molar-refractivity contribution in [2.45, 2.75) is 0 Å². The van der Waals surface area contributed by atoms with Crippen LogP contribution in [0.4, 0.5) is 0 Å². The van der Waals surface area contributed by atoms with Crippen molar-refractivity contribution in [1.29, 1.82) is 0 Å². The van der Waals surface area contributed by atoms with Crippen LogP contribution in [0.25, 0.3) is 98.1 Å². The Hall–Kier alpha value is -5.92. The second-order valence-electron chi connectivity index (χ2n) is 12.0. The normalized spacial score (nSPS) is 12.0. The Morgan fingerprint density at radius 2 is 0.822 bits per heavy atom. The SMILES string of the molecule is c1ccc2c(c1)ccc1cc(-c3c4ccccc4c(-c4cccc5c4oc4ccccc45)c4ccccc34)c3ccccc3c12. The van der Waals surface area contributed by atoms with E-state index in [9.17, 15) is 0 Å². The van der Waals surface area contributed by atoms with Crippen LogP contribution in [0.3, 0.4) is 0 Å². The molecule has 0 aliphatic rings. The minimum absolute atomic E-state index is 0.917. The zero-order valence-corrected chi connectivity index (χ0v) is 24.4. The largest absolute Gasteiger partial charge is 0.455 e. The topological polar surface area (TPSA) is 13.1 Å². The Morgan fingerprint density at radius 3 is 1.53 bits per heavy atom. The zero-order valence-electron chi connectivity index (χ0n) is 24.4. The van der Waals surface area contributed by atoms with E-state index in [0.717, 1.165) is 27.5 Å². The third-order valence-corrected chi connectivity index (χ3v) is 9.62. The molecule has 0 radical (unpaired) electrons. The van der Waals surface area contributed by atoms with Gasteiger partial charge in [-0.1, -0.05) is 146 Å². The van der Waals surface area contributed by atoms with Crippen LogP contribution >= 0.6 is 0 Å². The van der Waals surface area contributed by atoms with Gasteiger partial charge in [-0.25, -0.2) is 0 Å². The highest BCUT2D eigenvalue weighted by atomic mass is 16.3. The van der Waals surface area contributed by atoms with Crippen LogP contribution in [0.1, 0.15) is 0 Å². The second-order valence-corrected chi connectivity index (χ2v) is 12.0. The van der Waals surface area contributed by atoms with Crippen molar-refractivity contribution in [3.8, 4) is 22.3 Å². The highest BCUT2D eigenvalue weighted by Gasteiger charge is 2.21. The fourth-order valence-corrected chi connectivity index (χ4v) is 7.74. The summed E-state index contributed by atoms with van der Waals surface area (Å²) in [6.07, 6.45) is 0. The minimum atomic E-state index is 0.917. The van der Waals surface area contributed by atoms with E-state index in [2.05, 4.69) is 152 Å². The quantitative estimate of drug-likeness (QED) is 0.149. The molecule has 9 aromatic carbocycles. The molecule has 0 spiro atoms. The van der Waals surface area contributed by atoms with Crippen LogP contribution in [0.5, 0.6) is 0 Å². The number of hydrogen-bond acceptors (Lipinski definition) is 1. The lowest BCUT2D eigenvalue weighted by Gasteiger charge is -2.20. The van der Waals surface area contributed by atoms with Gasteiger partial charge in [0.1, 0.15) is 11.2 Å². The molecule has 0 saturated carbocycles. The van der Waals surface area contributed by atoms with Crippen LogP contribution < -0.4 is 0 Å². The molecule has 0 aliphatic heterocycles. The molecule has 0 atom stereocenters. The Bertz CT molecular complexity index is 2760. The van der Waals surface area contributed by atoms with Gasteiger partial charge in [-0.05, 0) is 77.1 Å². The second kappa shape index (κ2) is 9.29. The van der Waals surface area contributed by atoms with E-state index in [1.54, 1.807) is 0 Å². The maximum atomic E-state index is 6.59. The molecule has 0 bridgehead atoms. The maximum absolute atomic E-state index is 6.59. The molecular formula is C44H26O. The maximum Gasteiger partial charge on any atom is 0.143 e. The molecule has 10 rings (SSSR count). The molecule has 0 amide bonds. The van der Waals surface area contributed by atoms with Crippen LogP contribution in [0.2, 0.25) is 0 Å². The average molecular weight is 571 g/mol. The van der Waals surface area contributed by atoms with E-state index in [1.807, 2.05) is 6.07 Å². The summed E-state index contributed by atoms with van der Waals surface area (Å²) in [7, 11) is 0. The highest BCUT2D eigenvalue weighted by Crippen LogP contribution is 2.48. The van der Waals surface area contributed by atoms with Crippen molar-refractivity contribution in [3.63, 3.8) is 0 Å². The smallest absolute Gasteiger partial charge is 0.143 e.